The Morgan fingerprint density at radius 2 is 2.12 bits per heavy atom. The molecule has 0 aromatic carbocycles. The highest BCUT2D eigenvalue weighted by Gasteiger charge is 2.30. The lowest BCUT2D eigenvalue weighted by Gasteiger charge is -2.39. The molecule has 0 radical (unpaired) electrons. The maximum atomic E-state index is 12.2. The molecule has 0 saturated carbocycles. The Balaban J connectivity index is 1.42. The second kappa shape index (κ2) is 6.22. The first-order chi connectivity index (χ1) is 11.7. The standard InChI is InChI=1S/C17H21N5O2/c1-24-15-6-7-18-17(19-15)21-9-12(10-21)11-22-16(23)8-13-4-2-3-5-14(13)20-22/h6-8,12H,2-5,9-11H2,1H3. The Morgan fingerprint density at radius 3 is 2.96 bits per heavy atom. The largest absolute Gasteiger partial charge is 0.481 e. The fraction of sp³-hybridized carbons (Fsp3) is 0.529. The molecule has 0 N–H and O–H groups in total. The molecule has 3 heterocycles. The van der Waals surface area contributed by atoms with Gasteiger partial charge in [-0.3, -0.25) is 4.79 Å². The molecule has 7 nitrogen and oxygen atoms in total. The maximum absolute atomic E-state index is 12.2. The molecule has 0 spiro atoms. The normalized spacial score (nSPS) is 17.3. The number of hydrogen-bond acceptors (Lipinski definition) is 6. The second-order valence-electron chi connectivity index (χ2n) is 6.51. The first-order valence-corrected chi connectivity index (χ1v) is 8.45. The van der Waals surface area contributed by atoms with Crippen LogP contribution in [-0.2, 0) is 19.4 Å². The average Bonchev–Trinajstić information content (AvgIpc) is 2.58. The van der Waals surface area contributed by atoms with Crippen LogP contribution in [0.25, 0.3) is 0 Å². The lowest BCUT2D eigenvalue weighted by atomic mass is 9.97. The lowest BCUT2D eigenvalue weighted by molar-refractivity contribution is 0.326. The van der Waals surface area contributed by atoms with E-state index < -0.39 is 0 Å². The van der Waals surface area contributed by atoms with Gasteiger partial charge in [-0.25, -0.2) is 9.67 Å². The Bertz CT molecular complexity index is 798. The maximum Gasteiger partial charge on any atom is 0.267 e. The Kier molecular flexibility index (Phi) is 3.92. The van der Waals surface area contributed by atoms with Gasteiger partial charge in [0.15, 0.2) is 0 Å². The number of rotatable bonds is 4. The van der Waals surface area contributed by atoms with E-state index in [0.29, 0.717) is 24.3 Å². The molecule has 1 aliphatic heterocycles. The molecule has 2 aromatic rings. The van der Waals surface area contributed by atoms with Crippen LogP contribution in [0.4, 0.5) is 5.95 Å². The Morgan fingerprint density at radius 1 is 1.29 bits per heavy atom. The topological polar surface area (TPSA) is 73.1 Å². The third kappa shape index (κ3) is 2.86. The zero-order valence-corrected chi connectivity index (χ0v) is 13.8. The summed E-state index contributed by atoms with van der Waals surface area (Å²) < 4.78 is 6.77. The van der Waals surface area contributed by atoms with Crippen LogP contribution in [0, 0.1) is 5.92 Å². The fourth-order valence-electron chi connectivity index (χ4n) is 3.42. The predicted octanol–water partition coefficient (Wildman–Crippen LogP) is 1.06. The van der Waals surface area contributed by atoms with Crippen LogP contribution in [0.1, 0.15) is 24.1 Å². The number of aryl methyl sites for hydroxylation is 2. The molecule has 2 aromatic heterocycles. The molecule has 7 heteroatoms. The molecule has 24 heavy (non-hydrogen) atoms. The summed E-state index contributed by atoms with van der Waals surface area (Å²) in [5.41, 5.74) is 2.27. The van der Waals surface area contributed by atoms with Crippen molar-refractivity contribution in [3.63, 3.8) is 0 Å². The number of ether oxygens (including phenoxy) is 1. The quantitative estimate of drug-likeness (QED) is 0.836. The van der Waals surface area contributed by atoms with Crippen LogP contribution in [0.2, 0.25) is 0 Å². The van der Waals surface area contributed by atoms with Gasteiger partial charge in [-0.15, -0.1) is 0 Å². The van der Waals surface area contributed by atoms with E-state index >= 15 is 0 Å². The van der Waals surface area contributed by atoms with E-state index in [0.717, 1.165) is 43.6 Å². The minimum Gasteiger partial charge on any atom is -0.481 e. The molecule has 126 valence electrons. The summed E-state index contributed by atoms with van der Waals surface area (Å²) in [5, 5.41) is 4.59. The molecule has 2 aliphatic rings. The minimum atomic E-state index is 0.0201. The van der Waals surface area contributed by atoms with Gasteiger partial charge in [0, 0.05) is 37.3 Å². The first kappa shape index (κ1) is 15.1. The molecular weight excluding hydrogens is 306 g/mol. The summed E-state index contributed by atoms with van der Waals surface area (Å²) in [6.07, 6.45) is 6.01. The number of hydrogen-bond donors (Lipinski definition) is 0. The number of fused-ring (bicyclic) bond motifs is 1. The van der Waals surface area contributed by atoms with Crippen LogP contribution in [0.15, 0.2) is 23.1 Å². The molecule has 1 saturated heterocycles. The van der Waals surface area contributed by atoms with E-state index in [1.165, 1.54) is 6.42 Å². The predicted molar refractivity (Wildman–Crippen MR) is 89.4 cm³/mol. The second-order valence-corrected chi connectivity index (χ2v) is 6.51. The van der Waals surface area contributed by atoms with Crippen molar-refractivity contribution in [2.24, 2.45) is 5.92 Å². The number of methoxy groups -OCH3 is 1. The minimum absolute atomic E-state index is 0.0201. The average molecular weight is 327 g/mol. The van der Waals surface area contributed by atoms with Crippen molar-refractivity contribution >= 4 is 5.95 Å². The van der Waals surface area contributed by atoms with Crippen molar-refractivity contribution in [2.45, 2.75) is 32.2 Å². The lowest BCUT2D eigenvalue weighted by Crippen LogP contribution is -2.50. The summed E-state index contributed by atoms with van der Waals surface area (Å²) in [7, 11) is 1.60. The highest BCUT2D eigenvalue weighted by Crippen LogP contribution is 2.23. The summed E-state index contributed by atoms with van der Waals surface area (Å²) in [4.78, 5) is 23.0. The monoisotopic (exact) mass is 327 g/mol. The van der Waals surface area contributed by atoms with Gasteiger partial charge in [0.2, 0.25) is 11.8 Å². The molecule has 1 aliphatic carbocycles. The van der Waals surface area contributed by atoms with Gasteiger partial charge in [0.05, 0.1) is 19.3 Å². The highest BCUT2D eigenvalue weighted by atomic mass is 16.5. The van der Waals surface area contributed by atoms with Crippen LogP contribution in [0.3, 0.4) is 0 Å². The number of nitrogens with zero attached hydrogens (tertiary/aromatic N) is 5. The van der Waals surface area contributed by atoms with E-state index in [1.54, 1.807) is 30.1 Å². The van der Waals surface area contributed by atoms with Gasteiger partial charge < -0.3 is 9.64 Å². The molecule has 0 amide bonds. The van der Waals surface area contributed by atoms with Crippen molar-refractivity contribution in [2.75, 3.05) is 25.1 Å². The van der Waals surface area contributed by atoms with Gasteiger partial charge in [-0.1, -0.05) is 0 Å². The van der Waals surface area contributed by atoms with Crippen LogP contribution in [-0.4, -0.2) is 39.9 Å². The Labute approximate surface area is 140 Å². The van der Waals surface area contributed by atoms with Crippen LogP contribution in [0.5, 0.6) is 5.88 Å². The molecule has 0 atom stereocenters. The van der Waals surface area contributed by atoms with Crippen molar-refractivity contribution in [1.29, 1.82) is 0 Å². The van der Waals surface area contributed by atoms with Crippen molar-refractivity contribution < 1.29 is 4.74 Å². The van der Waals surface area contributed by atoms with Gasteiger partial charge >= 0.3 is 0 Å². The summed E-state index contributed by atoms with van der Waals surface area (Å²) in [6, 6.07) is 3.51. The summed E-state index contributed by atoms with van der Waals surface area (Å²) in [5.74, 6) is 1.64. The Hall–Kier alpha value is -2.44. The van der Waals surface area contributed by atoms with E-state index in [-0.39, 0.29) is 5.56 Å². The molecule has 0 unspecified atom stereocenters. The molecule has 1 fully saturated rings. The van der Waals surface area contributed by atoms with Crippen molar-refractivity contribution in [1.82, 2.24) is 19.7 Å². The molecular formula is C17H21N5O2. The SMILES string of the molecule is COc1ccnc(N2CC(Cn3nc4c(cc3=O)CCCC4)C2)n1. The third-order valence-corrected chi connectivity index (χ3v) is 4.77. The van der Waals surface area contributed by atoms with E-state index in [9.17, 15) is 4.79 Å². The third-order valence-electron chi connectivity index (χ3n) is 4.77. The van der Waals surface area contributed by atoms with E-state index in [1.807, 2.05) is 0 Å². The van der Waals surface area contributed by atoms with Crippen LogP contribution < -0.4 is 15.2 Å². The first-order valence-electron chi connectivity index (χ1n) is 8.45. The van der Waals surface area contributed by atoms with E-state index in [4.69, 9.17) is 4.74 Å². The van der Waals surface area contributed by atoms with Crippen molar-refractivity contribution in [3.8, 4) is 5.88 Å². The zero-order valence-electron chi connectivity index (χ0n) is 13.8. The fourth-order valence-corrected chi connectivity index (χ4v) is 3.42. The molecule has 4 rings (SSSR count). The van der Waals surface area contributed by atoms with E-state index in [2.05, 4.69) is 20.0 Å². The smallest absolute Gasteiger partial charge is 0.267 e. The zero-order chi connectivity index (χ0) is 16.5. The summed E-state index contributed by atoms with van der Waals surface area (Å²) in [6.45, 7) is 2.32. The highest BCUT2D eigenvalue weighted by molar-refractivity contribution is 5.35. The summed E-state index contributed by atoms with van der Waals surface area (Å²) >= 11 is 0. The van der Waals surface area contributed by atoms with Gasteiger partial charge in [0.1, 0.15) is 0 Å². The molecule has 0 bridgehead atoms. The van der Waals surface area contributed by atoms with Crippen molar-refractivity contribution in [3.05, 3.63) is 39.9 Å². The number of aromatic nitrogens is 4. The number of anilines is 1. The van der Waals surface area contributed by atoms with Gasteiger partial charge in [-0.2, -0.15) is 10.1 Å². The van der Waals surface area contributed by atoms with Gasteiger partial charge in [0.25, 0.3) is 5.56 Å². The van der Waals surface area contributed by atoms with Crippen LogP contribution >= 0.6 is 0 Å². The van der Waals surface area contributed by atoms with Gasteiger partial charge in [-0.05, 0) is 31.2 Å².